The molecule has 1 aliphatic heterocycles. The second-order valence-electron chi connectivity index (χ2n) is 5.38. The van der Waals surface area contributed by atoms with Gasteiger partial charge in [0.05, 0.1) is 12.5 Å². The van der Waals surface area contributed by atoms with Gasteiger partial charge in [0.1, 0.15) is 0 Å². The highest BCUT2D eigenvalue weighted by atomic mass is 32.2. The van der Waals surface area contributed by atoms with E-state index in [2.05, 4.69) is 5.32 Å². The molecular formula is C13H22N2O3S. The number of nitrogens with one attached hydrogen (secondary N) is 1. The smallest absolute Gasteiger partial charge is 0.247 e. The summed E-state index contributed by atoms with van der Waals surface area (Å²) in [5, 5.41) is 3.12. The van der Waals surface area contributed by atoms with Crippen LogP contribution in [-0.2, 0) is 20.4 Å². The summed E-state index contributed by atoms with van der Waals surface area (Å²) in [6.45, 7) is 0.641. The van der Waals surface area contributed by atoms with Crippen molar-refractivity contribution in [2.45, 2.75) is 50.6 Å². The third-order valence-corrected chi connectivity index (χ3v) is 4.74. The van der Waals surface area contributed by atoms with Gasteiger partial charge in [-0.25, -0.2) is 0 Å². The zero-order chi connectivity index (χ0) is 13.8. The lowest BCUT2D eigenvalue weighted by atomic mass is 10.2. The number of carbonyl (C=O) groups excluding carboxylic acids is 2. The quantitative estimate of drug-likeness (QED) is 0.567. The second kappa shape index (κ2) is 6.61. The number of likely N-dealkylation sites (tertiary alicyclic amines) is 1. The molecule has 2 atom stereocenters. The van der Waals surface area contributed by atoms with Crippen LogP contribution in [0.5, 0.6) is 0 Å². The Morgan fingerprint density at radius 3 is 2.63 bits per heavy atom. The lowest BCUT2D eigenvalue weighted by Gasteiger charge is -2.22. The molecule has 0 aromatic heterocycles. The Bertz CT molecular complexity index is 380. The van der Waals surface area contributed by atoms with Crippen molar-refractivity contribution >= 4 is 22.6 Å². The Hall–Kier alpha value is -0.750. The maximum Gasteiger partial charge on any atom is 0.247 e. The van der Waals surface area contributed by atoms with E-state index in [9.17, 15) is 13.8 Å². The molecule has 2 unspecified atom stereocenters. The Labute approximate surface area is 116 Å². The fourth-order valence-electron chi connectivity index (χ4n) is 2.91. The molecule has 0 spiro atoms. The number of imide groups is 1. The van der Waals surface area contributed by atoms with Crippen molar-refractivity contribution in [3.63, 3.8) is 0 Å². The minimum atomic E-state index is -0.795. The highest BCUT2D eigenvalue weighted by Gasteiger charge is 2.42. The van der Waals surface area contributed by atoms with Crippen molar-refractivity contribution in [2.24, 2.45) is 0 Å². The first-order valence-corrected chi connectivity index (χ1v) is 8.71. The summed E-state index contributed by atoms with van der Waals surface area (Å²) in [4.78, 5) is 25.6. The first kappa shape index (κ1) is 14.7. The van der Waals surface area contributed by atoms with Crippen molar-refractivity contribution in [2.75, 3.05) is 18.6 Å². The van der Waals surface area contributed by atoms with Gasteiger partial charge in [-0.1, -0.05) is 12.8 Å². The number of amides is 2. The predicted octanol–water partition coefficient (Wildman–Crippen LogP) is 0.415. The van der Waals surface area contributed by atoms with Crippen molar-refractivity contribution in [1.29, 1.82) is 0 Å². The second-order valence-corrected chi connectivity index (χ2v) is 6.94. The predicted molar refractivity (Wildman–Crippen MR) is 74.1 cm³/mol. The van der Waals surface area contributed by atoms with Gasteiger partial charge in [0.25, 0.3) is 0 Å². The van der Waals surface area contributed by atoms with Gasteiger partial charge >= 0.3 is 0 Å². The Kier molecular flexibility index (Phi) is 5.10. The first-order chi connectivity index (χ1) is 9.09. The third-order valence-electron chi connectivity index (χ3n) is 3.87. The molecule has 1 saturated heterocycles. The van der Waals surface area contributed by atoms with E-state index in [1.165, 1.54) is 4.90 Å². The lowest BCUT2D eigenvalue weighted by Crippen LogP contribution is -2.43. The van der Waals surface area contributed by atoms with E-state index in [1.54, 1.807) is 6.26 Å². The summed E-state index contributed by atoms with van der Waals surface area (Å²) >= 11 is 0. The van der Waals surface area contributed by atoms with Crippen LogP contribution in [0, 0.1) is 0 Å². The van der Waals surface area contributed by atoms with Crippen molar-refractivity contribution in [3.8, 4) is 0 Å². The summed E-state index contributed by atoms with van der Waals surface area (Å²) in [6.07, 6.45) is 6.86. The van der Waals surface area contributed by atoms with Crippen LogP contribution in [0.2, 0.25) is 0 Å². The molecule has 2 fully saturated rings. The molecule has 5 nitrogen and oxygen atoms in total. The summed E-state index contributed by atoms with van der Waals surface area (Å²) in [6, 6.07) is -0.228. The SMILES string of the molecule is CS(=O)CCCNC1CC(=O)N(C2CCCC2)C1=O. The number of hydrogen-bond donors (Lipinski definition) is 1. The molecule has 2 aliphatic rings. The number of nitrogens with zero attached hydrogens (tertiary/aromatic N) is 1. The molecule has 19 heavy (non-hydrogen) atoms. The van der Waals surface area contributed by atoms with Gasteiger partial charge < -0.3 is 5.32 Å². The van der Waals surface area contributed by atoms with Crippen molar-refractivity contribution < 1.29 is 13.8 Å². The van der Waals surface area contributed by atoms with Gasteiger partial charge in [-0.15, -0.1) is 0 Å². The summed E-state index contributed by atoms with van der Waals surface area (Å²) < 4.78 is 10.9. The third kappa shape index (κ3) is 3.63. The zero-order valence-corrected chi connectivity index (χ0v) is 12.2. The van der Waals surface area contributed by atoms with Crippen LogP contribution in [0.15, 0.2) is 0 Å². The van der Waals surface area contributed by atoms with Crippen LogP contribution in [-0.4, -0.2) is 51.6 Å². The molecule has 2 rings (SSSR count). The Morgan fingerprint density at radius 2 is 2.00 bits per heavy atom. The van der Waals surface area contributed by atoms with Gasteiger partial charge in [0.2, 0.25) is 11.8 Å². The van der Waals surface area contributed by atoms with Crippen LogP contribution in [0.3, 0.4) is 0 Å². The molecule has 0 aromatic carbocycles. The maximum atomic E-state index is 12.2. The van der Waals surface area contributed by atoms with E-state index in [4.69, 9.17) is 0 Å². The largest absolute Gasteiger partial charge is 0.305 e. The average molecular weight is 286 g/mol. The van der Waals surface area contributed by atoms with Gasteiger partial charge in [-0.05, 0) is 25.8 Å². The molecule has 0 aromatic rings. The van der Waals surface area contributed by atoms with Gasteiger partial charge in [0.15, 0.2) is 0 Å². The fourth-order valence-corrected chi connectivity index (χ4v) is 3.46. The van der Waals surface area contributed by atoms with E-state index in [-0.39, 0.29) is 30.3 Å². The van der Waals surface area contributed by atoms with Gasteiger partial charge in [-0.3, -0.25) is 18.7 Å². The molecule has 0 bridgehead atoms. The van der Waals surface area contributed by atoms with Crippen LogP contribution >= 0.6 is 0 Å². The van der Waals surface area contributed by atoms with Crippen LogP contribution < -0.4 is 5.32 Å². The molecule has 108 valence electrons. The molecule has 1 aliphatic carbocycles. The maximum absolute atomic E-state index is 12.2. The Balaban J connectivity index is 1.82. The number of rotatable bonds is 6. The summed E-state index contributed by atoms with van der Waals surface area (Å²) in [7, 11) is -0.795. The number of hydrogen-bond acceptors (Lipinski definition) is 4. The van der Waals surface area contributed by atoms with E-state index >= 15 is 0 Å². The Morgan fingerprint density at radius 1 is 1.32 bits per heavy atom. The van der Waals surface area contributed by atoms with E-state index in [0.29, 0.717) is 12.3 Å². The van der Waals surface area contributed by atoms with Crippen molar-refractivity contribution in [1.82, 2.24) is 10.2 Å². The molecule has 1 heterocycles. The molecule has 1 saturated carbocycles. The minimum absolute atomic E-state index is 0.0338. The topological polar surface area (TPSA) is 66.5 Å². The van der Waals surface area contributed by atoms with E-state index in [0.717, 1.165) is 32.1 Å². The monoisotopic (exact) mass is 286 g/mol. The molecule has 1 N–H and O–H groups in total. The lowest BCUT2D eigenvalue weighted by molar-refractivity contribution is -0.141. The van der Waals surface area contributed by atoms with Crippen LogP contribution in [0.25, 0.3) is 0 Å². The summed E-state index contributed by atoms with van der Waals surface area (Å²) in [5.74, 6) is 0.539. The summed E-state index contributed by atoms with van der Waals surface area (Å²) in [5.41, 5.74) is 0. The molecular weight excluding hydrogens is 264 g/mol. The highest BCUT2D eigenvalue weighted by Crippen LogP contribution is 2.28. The van der Waals surface area contributed by atoms with Crippen molar-refractivity contribution in [3.05, 3.63) is 0 Å². The highest BCUT2D eigenvalue weighted by molar-refractivity contribution is 7.84. The van der Waals surface area contributed by atoms with E-state index in [1.807, 2.05) is 0 Å². The number of carbonyl (C=O) groups is 2. The minimum Gasteiger partial charge on any atom is -0.305 e. The van der Waals surface area contributed by atoms with Crippen LogP contribution in [0.1, 0.15) is 38.5 Å². The van der Waals surface area contributed by atoms with Gasteiger partial charge in [-0.2, -0.15) is 0 Å². The first-order valence-electron chi connectivity index (χ1n) is 6.99. The van der Waals surface area contributed by atoms with E-state index < -0.39 is 10.8 Å². The van der Waals surface area contributed by atoms with Gasteiger partial charge in [0, 0.05) is 28.9 Å². The van der Waals surface area contributed by atoms with Crippen LogP contribution in [0.4, 0.5) is 0 Å². The molecule has 6 heteroatoms. The fraction of sp³-hybridized carbons (Fsp3) is 0.846. The zero-order valence-electron chi connectivity index (χ0n) is 11.4. The molecule has 2 amide bonds. The average Bonchev–Trinajstić information content (AvgIpc) is 2.94. The molecule has 0 radical (unpaired) electrons. The standard InChI is InChI=1S/C13H22N2O3S/c1-19(18)8-4-7-14-11-9-12(16)15(13(11)17)10-5-2-3-6-10/h10-11,14H,2-9H2,1H3. The normalized spacial score (nSPS) is 26.4.